The van der Waals surface area contributed by atoms with Gasteiger partial charge in [-0.25, -0.2) is 0 Å². The average Bonchev–Trinajstić information content (AvgIpc) is 2.35. The predicted octanol–water partition coefficient (Wildman–Crippen LogP) is 2.36. The summed E-state index contributed by atoms with van der Waals surface area (Å²) in [7, 11) is 3.80. The highest BCUT2D eigenvalue weighted by Crippen LogP contribution is 2.31. The molecule has 0 heterocycles. The molecule has 0 aromatic heterocycles. The van der Waals surface area contributed by atoms with Crippen LogP contribution in [-0.2, 0) is 6.18 Å². The molecule has 0 radical (unpaired) electrons. The maximum absolute atomic E-state index is 12.7. The third-order valence-corrected chi connectivity index (χ3v) is 3.01. The van der Waals surface area contributed by atoms with Crippen molar-refractivity contribution in [2.45, 2.75) is 25.6 Å². The molecule has 1 aromatic rings. The summed E-state index contributed by atoms with van der Waals surface area (Å²) in [5, 5.41) is 2.66. The minimum atomic E-state index is -4.50. The fourth-order valence-electron chi connectivity index (χ4n) is 1.75. The normalized spacial score (nSPS) is 13.3. The summed E-state index contributed by atoms with van der Waals surface area (Å²) in [4.78, 5) is 14.0. The van der Waals surface area contributed by atoms with Gasteiger partial charge in [-0.3, -0.25) is 4.79 Å². The van der Waals surface area contributed by atoms with Crippen molar-refractivity contribution < 1.29 is 18.0 Å². The molecule has 1 aromatic carbocycles. The lowest BCUT2D eigenvalue weighted by Gasteiger charge is -2.18. The molecule has 0 aliphatic carbocycles. The van der Waals surface area contributed by atoms with E-state index in [1.165, 1.54) is 0 Å². The molecule has 1 rings (SSSR count). The van der Waals surface area contributed by atoms with Gasteiger partial charge in [0.25, 0.3) is 5.91 Å². The minimum absolute atomic E-state index is 0.0281. The first kappa shape index (κ1) is 17.3. The fourth-order valence-corrected chi connectivity index (χ4v) is 1.75. The van der Waals surface area contributed by atoms with E-state index >= 15 is 0 Å². The number of carbonyl (C=O) groups excluding carboxylic acids is 1. The zero-order chi connectivity index (χ0) is 16.2. The highest BCUT2D eigenvalue weighted by Gasteiger charge is 2.31. The highest BCUT2D eigenvalue weighted by molar-refractivity contribution is 5.99. The minimum Gasteiger partial charge on any atom is -0.398 e. The van der Waals surface area contributed by atoms with E-state index in [0.29, 0.717) is 6.42 Å². The number of nitrogen functional groups attached to an aromatic ring is 1. The Morgan fingerprint density at radius 2 is 2.00 bits per heavy atom. The largest absolute Gasteiger partial charge is 0.416 e. The second kappa shape index (κ2) is 6.80. The van der Waals surface area contributed by atoms with Crippen LogP contribution in [0.1, 0.15) is 29.3 Å². The van der Waals surface area contributed by atoms with Gasteiger partial charge in [-0.2, -0.15) is 13.2 Å². The van der Waals surface area contributed by atoms with Crippen molar-refractivity contribution in [2.75, 3.05) is 26.4 Å². The molecule has 118 valence electrons. The Kier molecular flexibility index (Phi) is 5.60. The van der Waals surface area contributed by atoms with E-state index in [1.807, 2.05) is 19.0 Å². The first-order chi connectivity index (χ1) is 9.61. The molecule has 3 N–H and O–H groups in total. The number of halogens is 3. The van der Waals surface area contributed by atoms with Crippen LogP contribution < -0.4 is 11.1 Å². The maximum atomic E-state index is 12.7. The number of hydrogen-bond acceptors (Lipinski definition) is 3. The van der Waals surface area contributed by atoms with E-state index in [-0.39, 0.29) is 17.3 Å². The molecule has 0 spiro atoms. The molecule has 7 heteroatoms. The number of benzene rings is 1. The summed E-state index contributed by atoms with van der Waals surface area (Å²) >= 11 is 0. The molecule has 0 fully saturated rings. The van der Waals surface area contributed by atoms with E-state index in [1.54, 1.807) is 6.92 Å². The second-order valence-corrected chi connectivity index (χ2v) is 5.27. The van der Waals surface area contributed by atoms with Crippen LogP contribution >= 0.6 is 0 Å². The Hall–Kier alpha value is -1.76. The zero-order valence-corrected chi connectivity index (χ0v) is 12.3. The van der Waals surface area contributed by atoms with Crippen LogP contribution in [0.2, 0.25) is 0 Å². The summed E-state index contributed by atoms with van der Waals surface area (Å²) < 4.78 is 38.0. The molecule has 0 aliphatic heterocycles. The molecule has 4 nitrogen and oxygen atoms in total. The molecule has 21 heavy (non-hydrogen) atoms. The Morgan fingerprint density at radius 3 is 2.52 bits per heavy atom. The van der Waals surface area contributed by atoms with E-state index in [9.17, 15) is 18.0 Å². The van der Waals surface area contributed by atoms with Gasteiger partial charge in [-0.1, -0.05) is 0 Å². The van der Waals surface area contributed by atoms with Crippen LogP contribution in [-0.4, -0.2) is 37.5 Å². The quantitative estimate of drug-likeness (QED) is 0.821. The van der Waals surface area contributed by atoms with Gasteiger partial charge in [0.1, 0.15) is 0 Å². The van der Waals surface area contributed by atoms with Gasteiger partial charge in [-0.15, -0.1) is 0 Å². The number of rotatable bonds is 5. The summed E-state index contributed by atoms with van der Waals surface area (Å²) in [5.41, 5.74) is 4.59. The summed E-state index contributed by atoms with van der Waals surface area (Å²) in [6.45, 7) is 2.56. The number of nitrogens with two attached hydrogens (primary N) is 1. The Labute approximate surface area is 122 Å². The second-order valence-electron chi connectivity index (χ2n) is 5.27. The first-order valence-electron chi connectivity index (χ1n) is 6.53. The van der Waals surface area contributed by atoms with Crippen LogP contribution in [0.4, 0.5) is 18.9 Å². The maximum Gasteiger partial charge on any atom is 0.416 e. The zero-order valence-electron chi connectivity index (χ0n) is 12.3. The third kappa shape index (κ3) is 5.26. The number of hydrogen-bond donors (Lipinski definition) is 2. The molecule has 0 aliphatic rings. The molecular formula is C14H20F3N3O. The molecule has 1 atom stereocenters. The lowest BCUT2D eigenvalue weighted by Crippen LogP contribution is -2.35. The van der Waals surface area contributed by atoms with Crippen LogP contribution in [0, 0.1) is 0 Å². The highest BCUT2D eigenvalue weighted by atomic mass is 19.4. The smallest absolute Gasteiger partial charge is 0.398 e. The molecule has 0 bridgehead atoms. The fraction of sp³-hybridized carbons (Fsp3) is 0.500. The predicted molar refractivity (Wildman–Crippen MR) is 76.0 cm³/mol. The average molecular weight is 303 g/mol. The molecular weight excluding hydrogens is 283 g/mol. The van der Waals surface area contributed by atoms with E-state index in [0.717, 1.165) is 24.7 Å². The summed E-state index contributed by atoms with van der Waals surface area (Å²) in [6.07, 6.45) is -3.81. The number of nitrogens with one attached hydrogen (secondary N) is 1. The van der Waals surface area contributed by atoms with Crippen molar-refractivity contribution in [1.29, 1.82) is 0 Å². The van der Waals surface area contributed by atoms with Crippen molar-refractivity contribution in [3.8, 4) is 0 Å². The topological polar surface area (TPSA) is 58.4 Å². The van der Waals surface area contributed by atoms with Crippen LogP contribution in [0.25, 0.3) is 0 Å². The Morgan fingerprint density at radius 1 is 1.38 bits per heavy atom. The number of carbonyl (C=O) groups is 1. The summed E-state index contributed by atoms with van der Waals surface area (Å²) in [5.74, 6) is -0.593. The number of amides is 1. The van der Waals surface area contributed by atoms with Gasteiger partial charge in [0, 0.05) is 11.7 Å². The van der Waals surface area contributed by atoms with Crippen molar-refractivity contribution in [1.82, 2.24) is 10.2 Å². The van der Waals surface area contributed by atoms with Gasteiger partial charge in [-0.05, 0) is 52.2 Å². The van der Waals surface area contributed by atoms with Crippen molar-refractivity contribution in [3.63, 3.8) is 0 Å². The Bertz CT molecular complexity index is 501. The standard InChI is InChI=1S/C14H20F3N3O/c1-9(6-7-20(2)3)19-13(21)11-8-10(14(15,16)17)4-5-12(11)18/h4-5,8-9H,6-7,18H2,1-3H3,(H,19,21). The Balaban J connectivity index is 2.82. The molecule has 0 saturated heterocycles. The lowest BCUT2D eigenvalue weighted by molar-refractivity contribution is -0.137. The van der Waals surface area contributed by atoms with E-state index < -0.39 is 17.6 Å². The summed E-state index contributed by atoms with van der Waals surface area (Å²) in [6, 6.07) is 2.58. The van der Waals surface area contributed by atoms with Gasteiger partial charge in [0.05, 0.1) is 11.1 Å². The van der Waals surface area contributed by atoms with E-state index in [4.69, 9.17) is 5.73 Å². The number of alkyl halides is 3. The van der Waals surface area contributed by atoms with Gasteiger partial charge in [0.15, 0.2) is 0 Å². The third-order valence-electron chi connectivity index (χ3n) is 3.01. The monoisotopic (exact) mass is 303 g/mol. The van der Waals surface area contributed by atoms with Gasteiger partial charge in [0.2, 0.25) is 0 Å². The van der Waals surface area contributed by atoms with Crippen molar-refractivity contribution in [3.05, 3.63) is 29.3 Å². The lowest BCUT2D eigenvalue weighted by atomic mass is 10.1. The van der Waals surface area contributed by atoms with Crippen LogP contribution in [0.3, 0.4) is 0 Å². The molecule has 1 amide bonds. The molecule has 0 saturated carbocycles. The first-order valence-corrected chi connectivity index (χ1v) is 6.53. The van der Waals surface area contributed by atoms with Crippen molar-refractivity contribution >= 4 is 11.6 Å². The van der Waals surface area contributed by atoms with E-state index in [2.05, 4.69) is 5.32 Å². The number of anilines is 1. The molecule has 1 unspecified atom stereocenters. The van der Waals surface area contributed by atoms with Gasteiger partial charge >= 0.3 is 6.18 Å². The van der Waals surface area contributed by atoms with Gasteiger partial charge < -0.3 is 16.0 Å². The number of nitrogens with zero attached hydrogens (tertiary/aromatic N) is 1. The van der Waals surface area contributed by atoms with Crippen LogP contribution in [0.5, 0.6) is 0 Å². The van der Waals surface area contributed by atoms with Crippen molar-refractivity contribution in [2.24, 2.45) is 0 Å². The van der Waals surface area contributed by atoms with Crippen LogP contribution in [0.15, 0.2) is 18.2 Å². The SMILES string of the molecule is CC(CCN(C)C)NC(=O)c1cc(C(F)(F)F)ccc1N.